The summed E-state index contributed by atoms with van der Waals surface area (Å²) in [7, 11) is 0. The van der Waals surface area contributed by atoms with Gasteiger partial charge in [0, 0.05) is 34.6 Å². The molecule has 1 N–H and O–H groups in total. The van der Waals surface area contributed by atoms with E-state index in [1.54, 1.807) is 6.20 Å². The number of aromatic nitrogens is 1. The van der Waals surface area contributed by atoms with Crippen LogP contribution in [-0.4, -0.2) is 14.3 Å². The molecule has 0 aliphatic heterocycles. The van der Waals surface area contributed by atoms with Gasteiger partial charge in [0.25, 0.3) is 0 Å². The van der Waals surface area contributed by atoms with E-state index >= 15 is 0 Å². The lowest BCUT2D eigenvalue weighted by Gasteiger charge is -2.27. The molecule has 3 rings (SSSR count). The molecule has 1 aromatic heterocycles. The Morgan fingerprint density at radius 2 is 1.74 bits per heavy atom. The molecule has 3 nitrogen and oxygen atoms in total. The molecule has 0 aliphatic carbocycles. The Morgan fingerprint density at radius 1 is 1.07 bits per heavy atom. The Hall–Kier alpha value is -2.02. The normalized spacial score (nSPS) is 14.3. The molecule has 27 heavy (non-hydrogen) atoms. The third kappa shape index (κ3) is 4.29. The summed E-state index contributed by atoms with van der Waals surface area (Å²) >= 11 is -1.29. The second-order valence-corrected chi connectivity index (χ2v) is 9.48. The largest absolute Gasteiger partial charge is 0.598 e. The minimum Gasteiger partial charge on any atom is -0.598 e. The molecule has 0 radical (unpaired) electrons. The number of halogens is 2. The predicted octanol–water partition coefficient (Wildman–Crippen LogP) is 5.29. The van der Waals surface area contributed by atoms with Crippen LogP contribution in [-0.2, 0) is 11.4 Å². The molecule has 2 atom stereocenters. The van der Waals surface area contributed by atoms with Crippen LogP contribution in [0.5, 0.6) is 0 Å². The number of fused-ring (bicyclic) bond motifs is 1. The molecule has 0 saturated heterocycles. The number of hydrogen-bond acceptors (Lipinski definition) is 3. The van der Waals surface area contributed by atoms with Gasteiger partial charge in [-0.3, -0.25) is 4.98 Å². The van der Waals surface area contributed by atoms with Crippen LogP contribution < -0.4 is 4.72 Å². The first-order valence-corrected chi connectivity index (χ1v) is 9.84. The van der Waals surface area contributed by atoms with Crippen molar-refractivity contribution in [2.24, 2.45) is 0 Å². The maximum absolute atomic E-state index is 13.9. The second kappa shape index (κ2) is 7.54. The lowest BCUT2D eigenvalue weighted by atomic mass is 9.93. The first-order chi connectivity index (χ1) is 12.7. The quantitative estimate of drug-likeness (QED) is 0.618. The minimum atomic E-state index is -1.29. The van der Waals surface area contributed by atoms with Gasteiger partial charge in [0.1, 0.15) is 16.4 Å². The van der Waals surface area contributed by atoms with Crippen LogP contribution >= 0.6 is 0 Å². The highest BCUT2D eigenvalue weighted by molar-refractivity contribution is 7.90. The van der Waals surface area contributed by atoms with Crippen molar-refractivity contribution < 1.29 is 13.3 Å². The van der Waals surface area contributed by atoms with E-state index in [2.05, 4.69) is 9.71 Å². The van der Waals surface area contributed by atoms with Gasteiger partial charge in [-0.25, -0.2) is 8.78 Å². The number of rotatable bonds is 4. The van der Waals surface area contributed by atoms with Gasteiger partial charge in [-0.1, -0.05) is 18.2 Å². The molecule has 0 aliphatic rings. The number of benzene rings is 2. The average molecular weight is 388 g/mol. The predicted molar refractivity (Wildman–Crippen MR) is 107 cm³/mol. The van der Waals surface area contributed by atoms with Crippen molar-refractivity contribution in [1.29, 1.82) is 0 Å². The van der Waals surface area contributed by atoms with E-state index in [0.29, 0.717) is 16.6 Å². The summed E-state index contributed by atoms with van der Waals surface area (Å²) in [6, 6.07) is 10.6. The van der Waals surface area contributed by atoms with E-state index in [9.17, 15) is 13.3 Å². The number of pyridine rings is 1. The Kier molecular flexibility index (Phi) is 5.51. The molecule has 0 bridgehead atoms. The number of nitrogens with one attached hydrogen (secondary N) is 1. The van der Waals surface area contributed by atoms with E-state index in [1.807, 2.05) is 52.0 Å². The van der Waals surface area contributed by atoms with Crippen molar-refractivity contribution in [3.05, 3.63) is 65.9 Å². The fraction of sp³-hybridized carbons (Fsp3) is 0.286. The molecule has 2 unspecified atom stereocenters. The molecule has 6 heteroatoms. The highest BCUT2D eigenvalue weighted by Gasteiger charge is 2.29. The van der Waals surface area contributed by atoms with Gasteiger partial charge >= 0.3 is 0 Å². The molecule has 1 heterocycles. The van der Waals surface area contributed by atoms with Crippen LogP contribution in [0.2, 0.25) is 0 Å². The van der Waals surface area contributed by atoms with Gasteiger partial charge in [0.2, 0.25) is 0 Å². The molecular weight excluding hydrogens is 366 g/mol. The molecular formula is C21H22F2N2OS. The van der Waals surface area contributed by atoms with Crippen molar-refractivity contribution in [1.82, 2.24) is 9.71 Å². The van der Waals surface area contributed by atoms with Gasteiger partial charge in [0.05, 0.1) is 11.6 Å². The number of hydrogen-bond donors (Lipinski definition) is 1. The fourth-order valence-electron chi connectivity index (χ4n) is 2.92. The van der Waals surface area contributed by atoms with Crippen molar-refractivity contribution in [2.75, 3.05) is 0 Å². The summed E-state index contributed by atoms with van der Waals surface area (Å²) in [6.07, 6.45) is 1.65. The first kappa shape index (κ1) is 19.7. The Morgan fingerprint density at radius 3 is 2.37 bits per heavy atom. The van der Waals surface area contributed by atoms with Gasteiger partial charge < -0.3 is 4.55 Å². The van der Waals surface area contributed by atoms with Gasteiger partial charge in [-0.15, -0.1) is 4.72 Å². The molecule has 0 fully saturated rings. The Bertz CT molecular complexity index is 952. The van der Waals surface area contributed by atoms with Gasteiger partial charge in [-0.05, 0) is 57.0 Å². The maximum Gasteiger partial charge on any atom is 0.136 e. The van der Waals surface area contributed by atoms with Crippen LogP contribution in [0.15, 0.2) is 48.7 Å². The van der Waals surface area contributed by atoms with Gasteiger partial charge in [0.15, 0.2) is 0 Å². The van der Waals surface area contributed by atoms with Crippen LogP contribution in [0.4, 0.5) is 8.78 Å². The molecule has 0 amide bonds. The highest BCUT2D eigenvalue weighted by atomic mass is 32.2. The van der Waals surface area contributed by atoms with Crippen molar-refractivity contribution in [2.45, 2.75) is 38.5 Å². The summed E-state index contributed by atoms with van der Waals surface area (Å²) in [4.78, 5) is 4.44. The van der Waals surface area contributed by atoms with E-state index in [0.717, 1.165) is 17.0 Å². The van der Waals surface area contributed by atoms with Crippen LogP contribution in [0, 0.1) is 11.6 Å². The average Bonchev–Trinajstić information content (AvgIpc) is 2.58. The zero-order valence-corrected chi connectivity index (χ0v) is 16.5. The monoisotopic (exact) mass is 388 g/mol. The summed E-state index contributed by atoms with van der Waals surface area (Å²) in [6.45, 7) is 7.53. The first-order valence-electron chi connectivity index (χ1n) is 8.69. The summed E-state index contributed by atoms with van der Waals surface area (Å²) in [5, 5.41) is 0.866. The van der Waals surface area contributed by atoms with Crippen LogP contribution in [0.1, 0.15) is 39.3 Å². The third-order valence-electron chi connectivity index (χ3n) is 4.26. The van der Waals surface area contributed by atoms with Crippen LogP contribution in [0.25, 0.3) is 22.0 Å². The zero-order chi connectivity index (χ0) is 19.8. The van der Waals surface area contributed by atoms with Crippen molar-refractivity contribution >= 4 is 22.3 Å². The van der Waals surface area contributed by atoms with Crippen molar-refractivity contribution in [3.63, 3.8) is 0 Å². The van der Waals surface area contributed by atoms with Gasteiger partial charge in [-0.2, -0.15) is 0 Å². The summed E-state index contributed by atoms with van der Waals surface area (Å²) in [5.74, 6) is -1.30. The molecule has 142 valence electrons. The van der Waals surface area contributed by atoms with E-state index in [-0.39, 0.29) is 6.04 Å². The topological polar surface area (TPSA) is 48.0 Å². The smallest absolute Gasteiger partial charge is 0.136 e. The van der Waals surface area contributed by atoms with Crippen LogP contribution in [0.3, 0.4) is 0 Å². The fourth-order valence-corrected chi connectivity index (χ4v) is 3.73. The summed E-state index contributed by atoms with van der Waals surface area (Å²) in [5.41, 5.74) is 2.47. The Labute approximate surface area is 161 Å². The lowest BCUT2D eigenvalue weighted by Crippen LogP contribution is -2.40. The molecule has 2 aromatic carbocycles. The third-order valence-corrected chi connectivity index (χ3v) is 5.94. The maximum atomic E-state index is 13.9. The van der Waals surface area contributed by atoms with E-state index in [1.165, 1.54) is 12.1 Å². The molecule has 0 saturated carbocycles. The number of nitrogens with zero attached hydrogens (tertiary/aromatic N) is 1. The second-order valence-electron chi connectivity index (χ2n) is 7.48. The Balaban J connectivity index is 2.18. The molecule has 3 aromatic rings. The van der Waals surface area contributed by atoms with Crippen molar-refractivity contribution in [3.8, 4) is 11.1 Å². The SMILES string of the molecule is CC(N[S+]([O-])C(C)(C)C)c1ccc2cccnc2c1-c1cc(F)cc(F)c1. The minimum absolute atomic E-state index is 0.308. The molecule has 0 spiro atoms. The summed E-state index contributed by atoms with van der Waals surface area (Å²) < 4.78 is 43.0. The van der Waals surface area contributed by atoms with E-state index in [4.69, 9.17) is 0 Å². The highest BCUT2D eigenvalue weighted by Crippen LogP contribution is 2.35. The standard InChI is InChI=1S/C21H22F2N2OS/c1-13(25-27(26)21(2,3)4)18-8-7-14-6-5-9-24-20(14)19(18)15-10-16(22)12-17(23)11-15/h5-13,25H,1-4H3. The zero-order valence-electron chi connectivity index (χ0n) is 15.7. The van der Waals surface area contributed by atoms with E-state index < -0.39 is 27.7 Å². The lowest BCUT2D eigenvalue weighted by molar-refractivity contribution is 0.531.